The van der Waals surface area contributed by atoms with Crippen LogP contribution in [0.4, 0.5) is 15.8 Å². The van der Waals surface area contributed by atoms with Gasteiger partial charge in [-0.05, 0) is 60.0 Å². The van der Waals surface area contributed by atoms with Crippen molar-refractivity contribution >= 4 is 46.6 Å². The molecule has 5 nitrogen and oxygen atoms in total. The molecule has 1 atom stereocenters. The van der Waals surface area contributed by atoms with E-state index in [0.717, 1.165) is 16.8 Å². The van der Waals surface area contributed by atoms with E-state index < -0.39 is 6.04 Å². The number of halogens is 2. The first-order chi connectivity index (χ1) is 16.0. The largest absolute Gasteiger partial charge is 0.371 e. The lowest BCUT2D eigenvalue weighted by Gasteiger charge is -2.27. The molecule has 1 aliphatic rings. The predicted molar refractivity (Wildman–Crippen MR) is 133 cm³/mol. The van der Waals surface area contributed by atoms with Crippen molar-refractivity contribution in [2.75, 3.05) is 22.9 Å². The normalized spacial score (nSPS) is 14.7. The Morgan fingerprint density at radius 3 is 2.64 bits per heavy atom. The number of carbonyl (C=O) groups excluding carboxylic acids is 2. The summed E-state index contributed by atoms with van der Waals surface area (Å²) in [6.07, 6.45) is 0.696. The number of benzene rings is 3. The summed E-state index contributed by atoms with van der Waals surface area (Å²) in [5.74, 6) is 0.531. The molecule has 0 bridgehead atoms. The molecule has 1 heterocycles. The zero-order chi connectivity index (χ0) is 23.2. The van der Waals surface area contributed by atoms with Gasteiger partial charge < -0.3 is 16.0 Å². The lowest BCUT2D eigenvalue weighted by molar-refractivity contribution is -0.116. The molecule has 33 heavy (non-hydrogen) atoms. The van der Waals surface area contributed by atoms with Crippen LogP contribution in [0.25, 0.3) is 0 Å². The van der Waals surface area contributed by atoms with E-state index in [1.807, 2.05) is 30.3 Å². The van der Waals surface area contributed by atoms with Crippen LogP contribution in [0, 0.1) is 5.82 Å². The molecular formula is C25H23ClFN3O2S. The van der Waals surface area contributed by atoms with Gasteiger partial charge in [0.05, 0.1) is 11.4 Å². The number of carbonyl (C=O) groups is 2. The highest BCUT2D eigenvalue weighted by Crippen LogP contribution is 2.29. The number of anilines is 2. The van der Waals surface area contributed by atoms with E-state index in [1.165, 1.54) is 12.1 Å². The summed E-state index contributed by atoms with van der Waals surface area (Å²) >= 11 is 7.45. The van der Waals surface area contributed by atoms with E-state index in [1.54, 1.807) is 36.0 Å². The van der Waals surface area contributed by atoms with Gasteiger partial charge in [-0.15, -0.1) is 0 Å². The van der Waals surface area contributed by atoms with Crippen molar-refractivity contribution < 1.29 is 14.0 Å². The Labute approximate surface area is 201 Å². The van der Waals surface area contributed by atoms with Crippen LogP contribution in [0.15, 0.2) is 66.7 Å². The number of hydrogen-bond donors (Lipinski definition) is 3. The highest BCUT2D eigenvalue weighted by atomic mass is 35.5. The maximum Gasteiger partial charge on any atom is 0.251 e. The third-order valence-electron chi connectivity index (χ3n) is 5.24. The van der Waals surface area contributed by atoms with Gasteiger partial charge >= 0.3 is 0 Å². The summed E-state index contributed by atoms with van der Waals surface area (Å²) in [5, 5.41) is 9.69. The molecule has 1 aliphatic heterocycles. The van der Waals surface area contributed by atoms with Crippen molar-refractivity contribution in [3.8, 4) is 0 Å². The second-order valence-electron chi connectivity index (χ2n) is 7.72. The van der Waals surface area contributed by atoms with E-state index in [4.69, 9.17) is 11.6 Å². The van der Waals surface area contributed by atoms with Crippen LogP contribution in [0.2, 0.25) is 5.02 Å². The summed E-state index contributed by atoms with van der Waals surface area (Å²) in [6, 6.07) is 18.8. The molecule has 8 heteroatoms. The molecule has 0 spiro atoms. The molecule has 2 amide bonds. The molecule has 4 rings (SSSR count). The smallest absolute Gasteiger partial charge is 0.251 e. The summed E-state index contributed by atoms with van der Waals surface area (Å²) in [6.45, 7) is 0.493. The number of rotatable bonds is 8. The Balaban J connectivity index is 1.29. The molecule has 0 fully saturated rings. The topological polar surface area (TPSA) is 70.2 Å². The monoisotopic (exact) mass is 483 g/mol. The van der Waals surface area contributed by atoms with Gasteiger partial charge in [0.2, 0.25) is 5.91 Å². The Morgan fingerprint density at radius 2 is 1.85 bits per heavy atom. The minimum atomic E-state index is -0.407. The molecule has 3 aromatic rings. The highest BCUT2D eigenvalue weighted by molar-refractivity contribution is 7.98. The molecule has 3 N–H and O–H groups in total. The molecule has 0 aliphatic carbocycles. The van der Waals surface area contributed by atoms with Gasteiger partial charge in [0.1, 0.15) is 11.9 Å². The lowest BCUT2D eigenvalue weighted by Crippen LogP contribution is -2.40. The number of fused-ring (bicyclic) bond motifs is 1. The maximum absolute atomic E-state index is 13.3. The van der Waals surface area contributed by atoms with Crippen LogP contribution >= 0.6 is 23.4 Å². The predicted octanol–water partition coefficient (Wildman–Crippen LogP) is 5.12. The van der Waals surface area contributed by atoms with Crippen LogP contribution in [0.5, 0.6) is 0 Å². The quantitative estimate of drug-likeness (QED) is 0.416. The Morgan fingerprint density at radius 1 is 1.03 bits per heavy atom. The fourth-order valence-electron chi connectivity index (χ4n) is 3.50. The average molecular weight is 484 g/mol. The third kappa shape index (κ3) is 6.27. The Kier molecular flexibility index (Phi) is 7.52. The van der Waals surface area contributed by atoms with E-state index in [-0.39, 0.29) is 17.6 Å². The van der Waals surface area contributed by atoms with Crippen molar-refractivity contribution in [2.24, 2.45) is 0 Å². The van der Waals surface area contributed by atoms with Gasteiger partial charge in [0, 0.05) is 28.6 Å². The first-order valence-electron chi connectivity index (χ1n) is 10.5. The zero-order valence-electron chi connectivity index (χ0n) is 17.7. The number of nitrogens with one attached hydrogen (secondary N) is 3. The molecule has 0 saturated carbocycles. The summed E-state index contributed by atoms with van der Waals surface area (Å²) < 4.78 is 13.3. The maximum atomic E-state index is 13.3. The molecule has 0 radical (unpaired) electrons. The Hall–Kier alpha value is -3.03. The molecule has 0 saturated heterocycles. The zero-order valence-corrected chi connectivity index (χ0v) is 19.3. The lowest BCUT2D eigenvalue weighted by atomic mass is 10.1. The van der Waals surface area contributed by atoms with Crippen LogP contribution in [-0.2, 0) is 17.0 Å². The summed E-state index contributed by atoms with van der Waals surface area (Å²) in [5.41, 5.74) is 3.79. The highest BCUT2D eigenvalue weighted by Gasteiger charge is 2.26. The first-order valence-corrected chi connectivity index (χ1v) is 12.1. The van der Waals surface area contributed by atoms with Crippen molar-refractivity contribution in [3.05, 3.63) is 94.3 Å². The minimum absolute atomic E-state index is 0.158. The van der Waals surface area contributed by atoms with Gasteiger partial charge in [-0.3, -0.25) is 9.59 Å². The van der Waals surface area contributed by atoms with E-state index in [0.29, 0.717) is 40.7 Å². The SMILES string of the molecule is O=C(NCCc1ccc(Cl)cc1)c1ccc2c(c1)NC(=O)[C@H](CSCc1cccc(F)c1)N2. The second-order valence-corrected chi connectivity index (χ2v) is 9.19. The van der Waals surface area contributed by atoms with Crippen LogP contribution < -0.4 is 16.0 Å². The van der Waals surface area contributed by atoms with Crippen molar-refractivity contribution in [1.82, 2.24) is 5.32 Å². The van der Waals surface area contributed by atoms with Crippen molar-refractivity contribution in [1.29, 1.82) is 0 Å². The van der Waals surface area contributed by atoms with Crippen LogP contribution in [0.1, 0.15) is 21.5 Å². The third-order valence-corrected chi connectivity index (χ3v) is 6.60. The van der Waals surface area contributed by atoms with Gasteiger partial charge in [-0.1, -0.05) is 35.9 Å². The van der Waals surface area contributed by atoms with Crippen molar-refractivity contribution in [2.45, 2.75) is 18.2 Å². The molecule has 3 aromatic carbocycles. The van der Waals surface area contributed by atoms with E-state index in [9.17, 15) is 14.0 Å². The summed E-state index contributed by atoms with van der Waals surface area (Å²) in [7, 11) is 0. The standard InChI is InChI=1S/C25H23ClFN3O2S/c26-19-7-4-16(5-8-19)10-11-28-24(31)18-6-9-21-22(13-18)30-25(32)23(29-21)15-33-14-17-2-1-3-20(27)12-17/h1-9,12-13,23,29H,10-11,14-15H2,(H,28,31)(H,30,32)/t23-/m0/s1. The Bertz CT molecular complexity index is 1160. The first kappa shape index (κ1) is 23.1. The van der Waals surface area contributed by atoms with Gasteiger partial charge in [-0.25, -0.2) is 4.39 Å². The fourth-order valence-corrected chi connectivity index (χ4v) is 4.63. The second kappa shape index (κ2) is 10.7. The molecule has 0 unspecified atom stereocenters. The van der Waals surface area contributed by atoms with Crippen LogP contribution in [0.3, 0.4) is 0 Å². The molecular weight excluding hydrogens is 461 g/mol. The van der Waals surface area contributed by atoms with Gasteiger partial charge in [0.25, 0.3) is 5.91 Å². The van der Waals surface area contributed by atoms with E-state index in [2.05, 4.69) is 16.0 Å². The number of hydrogen-bond acceptors (Lipinski definition) is 4. The molecule has 170 valence electrons. The molecule has 0 aromatic heterocycles. The average Bonchev–Trinajstić information content (AvgIpc) is 2.80. The summed E-state index contributed by atoms with van der Waals surface area (Å²) in [4.78, 5) is 25.1. The van der Waals surface area contributed by atoms with Crippen LogP contribution in [-0.4, -0.2) is 30.2 Å². The number of amides is 2. The van der Waals surface area contributed by atoms with Crippen molar-refractivity contribution in [3.63, 3.8) is 0 Å². The fraction of sp³-hybridized carbons (Fsp3) is 0.200. The number of thioether (sulfide) groups is 1. The van der Waals surface area contributed by atoms with Gasteiger partial charge in [-0.2, -0.15) is 11.8 Å². The van der Waals surface area contributed by atoms with Gasteiger partial charge in [0.15, 0.2) is 0 Å². The minimum Gasteiger partial charge on any atom is -0.371 e. The van der Waals surface area contributed by atoms with E-state index >= 15 is 0 Å².